The fourth-order valence-electron chi connectivity index (χ4n) is 3.29. The summed E-state index contributed by atoms with van der Waals surface area (Å²) in [6.45, 7) is 5.43. The molecule has 112 valence electrons. The molecular weight excluding hydrogens is 260 g/mol. The highest BCUT2D eigenvalue weighted by Gasteiger charge is 2.20. The van der Waals surface area contributed by atoms with Crippen molar-refractivity contribution in [1.82, 2.24) is 9.88 Å². The minimum absolute atomic E-state index is 0.123. The minimum Gasteiger partial charge on any atom is -0.354 e. The zero-order valence-electron chi connectivity index (χ0n) is 13.0. The van der Waals surface area contributed by atoms with Crippen LogP contribution >= 0.6 is 0 Å². The Bertz CT molecular complexity index is 655. The minimum atomic E-state index is 0.123. The monoisotopic (exact) mass is 284 g/mol. The lowest BCUT2D eigenvalue weighted by atomic mass is 9.96. The number of aryl methyl sites for hydroxylation is 1. The van der Waals surface area contributed by atoms with Gasteiger partial charge in [0.2, 0.25) is 5.91 Å². The predicted molar refractivity (Wildman–Crippen MR) is 86.4 cm³/mol. The summed E-state index contributed by atoms with van der Waals surface area (Å²) in [4.78, 5) is 12.2. The Morgan fingerprint density at radius 2 is 2.00 bits per heavy atom. The molecule has 1 N–H and O–H groups in total. The number of nitrogens with zero attached hydrogens (tertiary/aromatic N) is 1. The Balaban J connectivity index is 1.92. The van der Waals surface area contributed by atoms with E-state index in [-0.39, 0.29) is 5.91 Å². The molecule has 21 heavy (non-hydrogen) atoms. The van der Waals surface area contributed by atoms with E-state index >= 15 is 0 Å². The molecule has 1 amide bonds. The zero-order chi connectivity index (χ0) is 14.8. The number of benzene rings is 1. The summed E-state index contributed by atoms with van der Waals surface area (Å²) in [5, 5.41) is 4.37. The van der Waals surface area contributed by atoms with Gasteiger partial charge in [0.15, 0.2) is 0 Å². The predicted octanol–water partition coefficient (Wildman–Crippen LogP) is 3.29. The number of para-hydroxylation sites is 1. The highest BCUT2D eigenvalue weighted by Crippen LogP contribution is 2.31. The van der Waals surface area contributed by atoms with E-state index in [1.807, 2.05) is 0 Å². The maximum Gasteiger partial charge on any atom is 0.239 e. The van der Waals surface area contributed by atoms with Crippen molar-refractivity contribution in [3.63, 3.8) is 0 Å². The van der Waals surface area contributed by atoms with Crippen molar-refractivity contribution >= 4 is 16.8 Å². The molecule has 1 aliphatic rings. The van der Waals surface area contributed by atoms with Crippen LogP contribution in [-0.2, 0) is 24.2 Å². The van der Waals surface area contributed by atoms with Crippen molar-refractivity contribution in [2.45, 2.75) is 46.1 Å². The fourth-order valence-corrected chi connectivity index (χ4v) is 3.29. The molecule has 0 fully saturated rings. The molecule has 0 bridgehead atoms. The topological polar surface area (TPSA) is 34.0 Å². The third-order valence-electron chi connectivity index (χ3n) is 4.29. The van der Waals surface area contributed by atoms with E-state index in [9.17, 15) is 4.79 Å². The number of amides is 1. The highest BCUT2D eigenvalue weighted by atomic mass is 16.1. The molecule has 0 unspecified atom stereocenters. The highest BCUT2D eigenvalue weighted by molar-refractivity contribution is 5.88. The lowest BCUT2D eigenvalue weighted by Gasteiger charge is -2.16. The second kappa shape index (κ2) is 5.92. The van der Waals surface area contributed by atoms with E-state index < -0.39 is 0 Å². The molecule has 1 aliphatic carbocycles. The van der Waals surface area contributed by atoms with Crippen LogP contribution in [0.25, 0.3) is 10.9 Å². The smallest absolute Gasteiger partial charge is 0.239 e. The van der Waals surface area contributed by atoms with Gasteiger partial charge in [-0.3, -0.25) is 4.79 Å². The molecule has 0 saturated carbocycles. The molecule has 3 nitrogen and oxygen atoms in total. The Kier molecular flexibility index (Phi) is 4.00. The van der Waals surface area contributed by atoms with Gasteiger partial charge in [0.25, 0.3) is 0 Å². The molecule has 0 atom stereocenters. The number of carbonyl (C=O) groups excluding carboxylic acids is 1. The number of nitrogens with one attached hydrogen (secondary N) is 1. The van der Waals surface area contributed by atoms with Crippen molar-refractivity contribution < 1.29 is 4.79 Å². The molecule has 1 aromatic carbocycles. The number of fused-ring (bicyclic) bond motifs is 3. The van der Waals surface area contributed by atoms with Crippen LogP contribution in [0.5, 0.6) is 0 Å². The van der Waals surface area contributed by atoms with E-state index in [0.717, 1.165) is 19.4 Å². The molecule has 0 aliphatic heterocycles. The summed E-state index contributed by atoms with van der Waals surface area (Å²) in [6.07, 6.45) is 4.75. The average Bonchev–Trinajstić information content (AvgIpc) is 2.80. The summed E-state index contributed by atoms with van der Waals surface area (Å²) < 4.78 is 2.24. The van der Waals surface area contributed by atoms with E-state index in [4.69, 9.17) is 0 Å². The van der Waals surface area contributed by atoms with Gasteiger partial charge in [0.1, 0.15) is 6.54 Å². The van der Waals surface area contributed by atoms with Crippen LogP contribution in [0.15, 0.2) is 24.3 Å². The van der Waals surface area contributed by atoms with E-state index in [1.54, 1.807) is 0 Å². The third kappa shape index (κ3) is 2.82. The lowest BCUT2D eigenvalue weighted by molar-refractivity contribution is -0.121. The van der Waals surface area contributed by atoms with Crippen molar-refractivity contribution in [1.29, 1.82) is 0 Å². The molecular formula is C18H24N2O. The fraction of sp³-hybridized carbons (Fsp3) is 0.500. The van der Waals surface area contributed by atoms with Crippen molar-refractivity contribution in [3.8, 4) is 0 Å². The summed E-state index contributed by atoms with van der Waals surface area (Å²) in [5.74, 6) is 0.613. The number of aromatic nitrogens is 1. The number of rotatable bonds is 4. The molecule has 3 rings (SSSR count). The standard InChI is InChI=1S/C18H24N2O/c1-13(2)11-19-18(21)12-20-16-9-5-3-7-14(16)15-8-4-6-10-17(15)20/h3,5,7,9,13H,4,6,8,10-12H2,1-2H3,(H,19,21). The average molecular weight is 284 g/mol. The molecule has 2 aromatic rings. The van der Waals surface area contributed by atoms with Gasteiger partial charge in [-0.25, -0.2) is 0 Å². The van der Waals surface area contributed by atoms with E-state index in [2.05, 4.69) is 48.0 Å². The molecule has 1 aromatic heterocycles. The van der Waals surface area contributed by atoms with Crippen LogP contribution in [-0.4, -0.2) is 17.0 Å². The number of carbonyl (C=O) groups is 1. The third-order valence-corrected chi connectivity index (χ3v) is 4.29. The van der Waals surface area contributed by atoms with Gasteiger partial charge in [0, 0.05) is 23.1 Å². The molecule has 1 heterocycles. The summed E-state index contributed by atoms with van der Waals surface area (Å²) in [5.41, 5.74) is 4.06. The van der Waals surface area contributed by atoms with Crippen molar-refractivity contribution in [3.05, 3.63) is 35.5 Å². The second-order valence-electron chi connectivity index (χ2n) is 6.43. The summed E-state index contributed by atoms with van der Waals surface area (Å²) >= 11 is 0. The molecule has 0 saturated heterocycles. The normalized spacial score (nSPS) is 14.4. The Morgan fingerprint density at radius 3 is 2.81 bits per heavy atom. The zero-order valence-corrected chi connectivity index (χ0v) is 13.0. The SMILES string of the molecule is CC(C)CNC(=O)Cn1c2c(c3ccccc31)CCCC2. The van der Waals surface area contributed by atoms with Crippen LogP contribution in [0.4, 0.5) is 0 Å². The largest absolute Gasteiger partial charge is 0.354 e. The Labute approximate surface area is 126 Å². The summed E-state index contributed by atoms with van der Waals surface area (Å²) in [7, 11) is 0. The maximum atomic E-state index is 12.2. The lowest BCUT2D eigenvalue weighted by Crippen LogP contribution is -2.31. The first-order chi connectivity index (χ1) is 10.2. The number of hydrogen-bond acceptors (Lipinski definition) is 1. The van der Waals surface area contributed by atoms with Crippen molar-refractivity contribution in [2.24, 2.45) is 5.92 Å². The van der Waals surface area contributed by atoms with Crippen LogP contribution < -0.4 is 5.32 Å². The van der Waals surface area contributed by atoms with Gasteiger partial charge >= 0.3 is 0 Å². The van der Waals surface area contributed by atoms with Crippen LogP contribution in [0.3, 0.4) is 0 Å². The van der Waals surface area contributed by atoms with Gasteiger partial charge in [-0.05, 0) is 43.2 Å². The van der Waals surface area contributed by atoms with Gasteiger partial charge in [0.05, 0.1) is 0 Å². The van der Waals surface area contributed by atoms with Crippen molar-refractivity contribution in [2.75, 3.05) is 6.54 Å². The number of hydrogen-bond donors (Lipinski definition) is 1. The van der Waals surface area contributed by atoms with Crippen LogP contribution in [0.1, 0.15) is 37.9 Å². The first kappa shape index (κ1) is 14.2. The second-order valence-corrected chi connectivity index (χ2v) is 6.43. The molecule has 0 radical (unpaired) electrons. The van der Waals surface area contributed by atoms with Gasteiger partial charge < -0.3 is 9.88 Å². The Hall–Kier alpha value is -1.77. The van der Waals surface area contributed by atoms with Crippen LogP contribution in [0.2, 0.25) is 0 Å². The quantitative estimate of drug-likeness (QED) is 0.918. The molecule has 3 heteroatoms. The van der Waals surface area contributed by atoms with Gasteiger partial charge in [-0.15, -0.1) is 0 Å². The van der Waals surface area contributed by atoms with E-state index in [0.29, 0.717) is 12.5 Å². The van der Waals surface area contributed by atoms with Crippen LogP contribution in [0, 0.1) is 5.92 Å². The Morgan fingerprint density at radius 1 is 1.24 bits per heavy atom. The maximum absolute atomic E-state index is 12.2. The van der Waals surface area contributed by atoms with E-state index in [1.165, 1.54) is 35.0 Å². The van der Waals surface area contributed by atoms with Gasteiger partial charge in [-0.1, -0.05) is 32.0 Å². The molecule has 0 spiro atoms. The summed E-state index contributed by atoms with van der Waals surface area (Å²) in [6, 6.07) is 8.50. The first-order valence-corrected chi connectivity index (χ1v) is 8.02. The van der Waals surface area contributed by atoms with Gasteiger partial charge in [-0.2, -0.15) is 0 Å². The first-order valence-electron chi connectivity index (χ1n) is 8.02.